The summed E-state index contributed by atoms with van der Waals surface area (Å²) in [6, 6.07) is 8.65. The van der Waals surface area contributed by atoms with Crippen molar-refractivity contribution in [2.24, 2.45) is 4.99 Å². The number of nitrogens with zero attached hydrogens (tertiary/aromatic N) is 2. The van der Waals surface area contributed by atoms with Crippen LogP contribution in [0.2, 0.25) is 0 Å². The highest BCUT2D eigenvalue weighted by Gasteiger charge is 2.19. The average molecular weight is 498 g/mol. The number of hydrogen-bond donors (Lipinski definition) is 2. The molecule has 1 aromatic heterocycles. The molecule has 2 aromatic rings. The van der Waals surface area contributed by atoms with E-state index in [0.29, 0.717) is 12.4 Å². The van der Waals surface area contributed by atoms with Gasteiger partial charge >= 0.3 is 0 Å². The largest absolute Gasteiger partial charge is 0.444 e. The Balaban J connectivity index is 0.00000280. The van der Waals surface area contributed by atoms with Gasteiger partial charge in [0.05, 0.1) is 18.3 Å². The van der Waals surface area contributed by atoms with Gasteiger partial charge in [-0.3, -0.25) is 4.99 Å². The quantitative estimate of drug-likeness (QED) is 0.261. The van der Waals surface area contributed by atoms with Crippen LogP contribution in [0.3, 0.4) is 0 Å². The molecule has 1 heterocycles. The molecule has 0 spiro atoms. The minimum absolute atomic E-state index is 0. The molecule has 0 fully saturated rings. The molecule has 1 aliphatic carbocycles. The standard InChI is InChI=1S/C21H30N4O2.HI/c1-15-16(2)27-20(25-15)14-24-21(22-3)23-12-7-13-26-19-11-6-9-17-8-4-5-10-18(17)19;/h4-5,8,10,19H,6-7,9,11-14H2,1-3H3,(H2,22,23,24);1H. The van der Waals surface area contributed by atoms with Crippen LogP contribution in [0.1, 0.15) is 53.8 Å². The number of aromatic nitrogens is 1. The van der Waals surface area contributed by atoms with Gasteiger partial charge < -0.3 is 19.8 Å². The number of nitrogens with one attached hydrogen (secondary N) is 2. The molecule has 154 valence electrons. The number of guanidine groups is 1. The van der Waals surface area contributed by atoms with Gasteiger partial charge in [0, 0.05) is 20.2 Å². The van der Waals surface area contributed by atoms with Crippen molar-refractivity contribution in [3.8, 4) is 0 Å². The Bertz CT molecular complexity index is 756. The molecule has 1 aromatic carbocycles. The van der Waals surface area contributed by atoms with Crippen molar-refractivity contribution < 1.29 is 9.15 Å². The summed E-state index contributed by atoms with van der Waals surface area (Å²) in [5.41, 5.74) is 3.73. The molecule has 3 rings (SSSR count). The van der Waals surface area contributed by atoms with Gasteiger partial charge in [-0.1, -0.05) is 24.3 Å². The van der Waals surface area contributed by atoms with Gasteiger partial charge in [0.2, 0.25) is 5.89 Å². The van der Waals surface area contributed by atoms with Crippen molar-refractivity contribution >= 4 is 29.9 Å². The Hall–Kier alpha value is -1.61. The van der Waals surface area contributed by atoms with Crippen molar-refractivity contribution in [2.45, 2.75) is 52.2 Å². The third-order valence-electron chi connectivity index (χ3n) is 4.95. The summed E-state index contributed by atoms with van der Waals surface area (Å²) in [6.45, 7) is 5.92. The highest BCUT2D eigenvalue weighted by atomic mass is 127. The van der Waals surface area contributed by atoms with E-state index in [1.54, 1.807) is 7.05 Å². The van der Waals surface area contributed by atoms with Crippen molar-refractivity contribution in [1.82, 2.24) is 15.6 Å². The van der Waals surface area contributed by atoms with Crippen molar-refractivity contribution in [2.75, 3.05) is 20.2 Å². The first-order valence-electron chi connectivity index (χ1n) is 9.74. The first-order valence-corrected chi connectivity index (χ1v) is 9.74. The molecule has 0 aliphatic heterocycles. The van der Waals surface area contributed by atoms with Gasteiger partial charge in [-0.2, -0.15) is 0 Å². The maximum Gasteiger partial charge on any atom is 0.214 e. The summed E-state index contributed by atoms with van der Waals surface area (Å²) >= 11 is 0. The second-order valence-corrected chi connectivity index (χ2v) is 6.91. The van der Waals surface area contributed by atoms with Crippen molar-refractivity contribution in [3.63, 3.8) is 0 Å². The lowest BCUT2D eigenvalue weighted by atomic mass is 9.89. The molecular weight excluding hydrogens is 467 g/mol. The molecule has 0 radical (unpaired) electrons. The van der Waals surface area contributed by atoms with E-state index in [4.69, 9.17) is 9.15 Å². The van der Waals surface area contributed by atoms with Crippen LogP contribution >= 0.6 is 24.0 Å². The van der Waals surface area contributed by atoms with Gasteiger partial charge in [-0.05, 0) is 50.7 Å². The third-order valence-corrected chi connectivity index (χ3v) is 4.95. The van der Waals surface area contributed by atoms with Crippen molar-refractivity contribution in [1.29, 1.82) is 0 Å². The average Bonchev–Trinajstić information content (AvgIpc) is 3.01. The zero-order valence-electron chi connectivity index (χ0n) is 17.0. The maximum atomic E-state index is 6.14. The third kappa shape index (κ3) is 6.20. The predicted octanol–water partition coefficient (Wildman–Crippen LogP) is 4.06. The number of halogens is 1. The molecule has 2 N–H and O–H groups in total. The van der Waals surface area contributed by atoms with Gasteiger partial charge in [0.1, 0.15) is 5.76 Å². The molecule has 1 aliphatic rings. The number of aliphatic imine (C=N–C) groups is 1. The van der Waals surface area contributed by atoms with Gasteiger partial charge in [0.15, 0.2) is 5.96 Å². The van der Waals surface area contributed by atoms with E-state index < -0.39 is 0 Å². The second kappa shape index (κ2) is 11.4. The Morgan fingerprint density at radius 3 is 2.86 bits per heavy atom. The maximum absolute atomic E-state index is 6.14. The molecule has 28 heavy (non-hydrogen) atoms. The lowest BCUT2D eigenvalue weighted by Gasteiger charge is -2.25. The van der Waals surface area contributed by atoms with Crippen LogP contribution in [0.4, 0.5) is 0 Å². The van der Waals surface area contributed by atoms with Crippen molar-refractivity contribution in [3.05, 3.63) is 52.7 Å². The van der Waals surface area contributed by atoms with Crippen LogP contribution in [0.25, 0.3) is 0 Å². The number of oxazole rings is 1. The number of hydrogen-bond acceptors (Lipinski definition) is 4. The molecule has 0 bridgehead atoms. The van der Waals surface area contributed by atoms with E-state index in [-0.39, 0.29) is 30.1 Å². The van der Waals surface area contributed by atoms with Gasteiger partial charge in [-0.25, -0.2) is 4.98 Å². The summed E-state index contributed by atoms with van der Waals surface area (Å²) in [5.74, 6) is 2.27. The fourth-order valence-corrected chi connectivity index (χ4v) is 3.38. The Labute approximate surface area is 184 Å². The number of aryl methyl sites for hydroxylation is 3. The fraction of sp³-hybridized carbons (Fsp3) is 0.524. The smallest absolute Gasteiger partial charge is 0.214 e. The minimum Gasteiger partial charge on any atom is -0.444 e. The van der Waals surface area contributed by atoms with Crippen LogP contribution in [-0.4, -0.2) is 31.1 Å². The van der Waals surface area contributed by atoms with E-state index in [9.17, 15) is 0 Å². The number of benzene rings is 1. The topological polar surface area (TPSA) is 71.7 Å². The summed E-state index contributed by atoms with van der Waals surface area (Å²) in [7, 11) is 1.76. The number of ether oxygens (including phenoxy) is 1. The normalized spacial score (nSPS) is 16.2. The molecule has 1 unspecified atom stereocenters. The summed E-state index contributed by atoms with van der Waals surface area (Å²) in [4.78, 5) is 8.60. The summed E-state index contributed by atoms with van der Waals surface area (Å²) in [5, 5.41) is 6.53. The SMILES string of the molecule is CN=C(NCCCOC1CCCc2ccccc21)NCc1nc(C)c(C)o1.I. The highest BCUT2D eigenvalue weighted by Crippen LogP contribution is 2.32. The van der Waals surface area contributed by atoms with Gasteiger partial charge in [-0.15, -0.1) is 24.0 Å². The van der Waals surface area contributed by atoms with Crippen LogP contribution in [0.15, 0.2) is 33.7 Å². The lowest BCUT2D eigenvalue weighted by molar-refractivity contribution is 0.0398. The van der Waals surface area contributed by atoms with E-state index >= 15 is 0 Å². The molecule has 0 saturated heterocycles. The Morgan fingerprint density at radius 1 is 1.29 bits per heavy atom. The number of fused-ring (bicyclic) bond motifs is 1. The van der Waals surface area contributed by atoms with E-state index in [0.717, 1.165) is 43.4 Å². The van der Waals surface area contributed by atoms with Gasteiger partial charge in [0.25, 0.3) is 0 Å². The first kappa shape index (κ1) is 22.7. The second-order valence-electron chi connectivity index (χ2n) is 6.91. The zero-order valence-corrected chi connectivity index (χ0v) is 19.3. The Kier molecular flexibility index (Phi) is 9.24. The van der Waals surface area contributed by atoms with E-state index in [1.807, 2.05) is 13.8 Å². The van der Waals surface area contributed by atoms with Crippen LogP contribution < -0.4 is 10.6 Å². The number of rotatable bonds is 7. The molecule has 0 saturated carbocycles. The zero-order chi connectivity index (χ0) is 19.1. The van der Waals surface area contributed by atoms with Crippen LogP contribution in [-0.2, 0) is 17.7 Å². The first-order chi connectivity index (χ1) is 13.2. The lowest BCUT2D eigenvalue weighted by Crippen LogP contribution is -2.37. The molecule has 7 heteroatoms. The van der Waals surface area contributed by atoms with Crippen LogP contribution in [0.5, 0.6) is 0 Å². The molecule has 6 nitrogen and oxygen atoms in total. The predicted molar refractivity (Wildman–Crippen MR) is 122 cm³/mol. The van der Waals surface area contributed by atoms with E-state index in [2.05, 4.69) is 44.9 Å². The Morgan fingerprint density at radius 2 is 2.11 bits per heavy atom. The fourth-order valence-electron chi connectivity index (χ4n) is 3.38. The molecule has 0 amide bonds. The molecular formula is C21H31IN4O2. The highest BCUT2D eigenvalue weighted by molar-refractivity contribution is 14.0. The monoisotopic (exact) mass is 498 g/mol. The van der Waals surface area contributed by atoms with E-state index in [1.165, 1.54) is 24.0 Å². The molecule has 1 atom stereocenters. The van der Waals surface area contributed by atoms with Crippen LogP contribution in [0, 0.1) is 13.8 Å². The summed E-state index contributed by atoms with van der Waals surface area (Å²) in [6.07, 6.45) is 4.66. The summed E-state index contributed by atoms with van der Waals surface area (Å²) < 4.78 is 11.7. The minimum atomic E-state index is 0.